The van der Waals surface area contributed by atoms with Crippen LogP contribution in [0.25, 0.3) is 11.2 Å². The first-order chi connectivity index (χ1) is 8.88. The van der Waals surface area contributed by atoms with Crippen molar-refractivity contribution in [3.8, 4) is 0 Å². The lowest BCUT2D eigenvalue weighted by molar-refractivity contribution is 0.0954. The fourth-order valence-electron chi connectivity index (χ4n) is 2.91. The first kappa shape index (κ1) is 10.8. The Labute approximate surface area is 109 Å². The second-order valence-electron chi connectivity index (χ2n) is 4.98. The van der Waals surface area contributed by atoms with E-state index >= 15 is 0 Å². The minimum atomic E-state index is 0.492. The Bertz CT molecular complexity index is 539. The van der Waals surface area contributed by atoms with Gasteiger partial charge in [-0.25, -0.2) is 15.0 Å². The molecular formula is C12H14N4OS. The van der Waals surface area contributed by atoms with Crippen molar-refractivity contribution in [2.45, 2.75) is 36.6 Å². The summed E-state index contributed by atoms with van der Waals surface area (Å²) in [7, 11) is 0. The SMILES string of the molecule is c1ncc2[nH]c(SCC3CC4CCC3O4)nc2n1. The van der Waals surface area contributed by atoms with Crippen LogP contribution in [0.4, 0.5) is 0 Å². The molecule has 6 heteroatoms. The van der Waals surface area contributed by atoms with Gasteiger partial charge in [-0.1, -0.05) is 11.8 Å². The number of ether oxygens (including phenoxy) is 1. The van der Waals surface area contributed by atoms with Crippen molar-refractivity contribution in [2.75, 3.05) is 5.75 Å². The number of nitrogens with zero attached hydrogens (tertiary/aromatic N) is 3. The molecule has 2 bridgehead atoms. The summed E-state index contributed by atoms with van der Waals surface area (Å²) in [6, 6.07) is 0. The van der Waals surface area contributed by atoms with Gasteiger partial charge in [-0.15, -0.1) is 0 Å². The molecule has 0 radical (unpaired) electrons. The molecule has 4 rings (SSSR count). The summed E-state index contributed by atoms with van der Waals surface area (Å²) < 4.78 is 5.87. The van der Waals surface area contributed by atoms with E-state index in [2.05, 4.69) is 19.9 Å². The summed E-state index contributed by atoms with van der Waals surface area (Å²) >= 11 is 1.77. The third-order valence-corrected chi connectivity index (χ3v) is 4.87. The van der Waals surface area contributed by atoms with Crippen LogP contribution in [0.5, 0.6) is 0 Å². The van der Waals surface area contributed by atoms with Crippen LogP contribution in [-0.4, -0.2) is 37.9 Å². The lowest BCUT2D eigenvalue weighted by Crippen LogP contribution is -2.18. The molecule has 0 amide bonds. The molecule has 3 atom stereocenters. The molecule has 2 fully saturated rings. The average molecular weight is 262 g/mol. The maximum absolute atomic E-state index is 5.87. The largest absolute Gasteiger partial charge is 0.375 e. The number of aromatic nitrogens is 4. The van der Waals surface area contributed by atoms with Gasteiger partial charge in [0.05, 0.1) is 18.4 Å². The lowest BCUT2D eigenvalue weighted by Gasteiger charge is -2.16. The number of H-pyrrole nitrogens is 1. The van der Waals surface area contributed by atoms with Gasteiger partial charge in [-0.3, -0.25) is 0 Å². The van der Waals surface area contributed by atoms with E-state index in [1.165, 1.54) is 25.6 Å². The van der Waals surface area contributed by atoms with Gasteiger partial charge < -0.3 is 9.72 Å². The van der Waals surface area contributed by atoms with E-state index in [1.807, 2.05) is 0 Å². The van der Waals surface area contributed by atoms with Gasteiger partial charge in [-0.2, -0.15) is 0 Å². The molecule has 3 unspecified atom stereocenters. The lowest BCUT2D eigenvalue weighted by atomic mass is 9.91. The Kier molecular flexibility index (Phi) is 2.51. The molecule has 5 nitrogen and oxygen atoms in total. The minimum absolute atomic E-state index is 0.492. The molecule has 0 aliphatic carbocycles. The first-order valence-electron chi connectivity index (χ1n) is 6.32. The van der Waals surface area contributed by atoms with Crippen molar-refractivity contribution in [3.63, 3.8) is 0 Å². The standard InChI is InChI=1S/C12H14N4OS/c1-2-10-7(3-8(1)17-10)5-18-12-15-9-4-13-6-14-11(9)16-12/h4,6-8,10H,1-3,5H2,(H,13,14,15,16). The Morgan fingerprint density at radius 2 is 2.44 bits per heavy atom. The van der Waals surface area contributed by atoms with Crippen LogP contribution < -0.4 is 0 Å². The number of fused-ring (bicyclic) bond motifs is 3. The summed E-state index contributed by atoms with van der Waals surface area (Å²) in [5, 5.41) is 0.938. The number of hydrogen-bond acceptors (Lipinski definition) is 5. The van der Waals surface area contributed by atoms with Crippen molar-refractivity contribution in [1.82, 2.24) is 19.9 Å². The topological polar surface area (TPSA) is 63.7 Å². The van der Waals surface area contributed by atoms with E-state index < -0.39 is 0 Å². The molecule has 4 heterocycles. The zero-order valence-corrected chi connectivity index (χ0v) is 10.7. The second kappa shape index (κ2) is 4.20. The molecule has 94 valence electrons. The maximum Gasteiger partial charge on any atom is 0.181 e. The van der Waals surface area contributed by atoms with E-state index in [0.717, 1.165) is 22.1 Å². The third-order valence-electron chi connectivity index (χ3n) is 3.81. The molecule has 0 spiro atoms. The van der Waals surface area contributed by atoms with E-state index in [4.69, 9.17) is 4.74 Å². The van der Waals surface area contributed by atoms with E-state index in [9.17, 15) is 0 Å². The van der Waals surface area contributed by atoms with Crippen molar-refractivity contribution in [3.05, 3.63) is 12.5 Å². The summed E-state index contributed by atoms with van der Waals surface area (Å²) in [5.41, 5.74) is 1.65. The highest BCUT2D eigenvalue weighted by Gasteiger charge is 2.40. The fraction of sp³-hybridized carbons (Fsp3) is 0.583. The molecule has 0 aromatic carbocycles. The van der Waals surface area contributed by atoms with Crippen LogP contribution in [0.2, 0.25) is 0 Å². The molecule has 2 aromatic rings. The van der Waals surface area contributed by atoms with Gasteiger partial charge in [0.1, 0.15) is 11.8 Å². The highest BCUT2D eigenvalue weighted by Crippen LogP contribution is 2.40. The number of thioether (sulfide) groups is 1. The highest BCUT2D eigenvalue weighted by atomic mass is 32.2. The maximum atomic E-state index is 5.87. The zero-order chi connectivity index (χ0) is 11.9. The number of nitrogens with one attached hydrogen (secondary N) is 1. The van der Waals surface area contributed by atoms with Crippen LogP contribution >= 0.6 is 11.8 Å². The van der Waals surface area contributed by atoms with Gasteiger partial charge in [-0.05, 0) is 25.2 Å². The van der Waals surface area contributed by atoms with E-state index in [0.29, 0.717) is 18.1 Å². The zero-order valence-electron chi connectivity index (χ0n) is 9.87. The summed E-state index contributed by atoms with van der Waals surface area (Å²) in [5.74, 6) is 1.77. The number of imidazole rings is 1. The highest BCUT2D eigenvalue weighted by molar-refractivity contribution is 7.99. The van der Waals surface area contributed by atoms with Crippen LogP contribution in [0.15, 0.2) is 17.7 Å². The third kappa shape index (κ3) is 1.80. The van der Waals surface area contributed by atoms with Gasteiger partial charge >= 0.3 is 0 Å². The quantitative estimate of drug-likeness (QED) is 0.857. The number of aromatic amines is 1. The average Bonchev–Trinajstić information content (AvgIpc) is 3.10. The smallest absolute Gasteiger partial charge is 0.181 e. The Balaban J connectivity index is 1.45. The van der Waals surface area contributed by atoms with Crippen LogP contribution in [-0.2, 0) is 4.74 Å². The normalized spacial score (nSPS) is 30.3. The van der Waals surface area contributed by atoms with Crippen LogP contribution in [0.3, 0.4) is 0 Å². The minimum Gasteiger partial charge on any atom is -0.375 e. The fourth-order valence-corrected chi connectivity index (χ4v) is 3.97. The molecule has 1 N–H and O–H groups in total. The van der Waals surface area contributed by atoms with Gasteiger partial charge in [0, 0.05) is 5.75 Å². The first-order valence-corrected chi connectivity index (χ1v) is 7.31. The van der Waals surface area contributed by atoms with Crippen LogP contribution in [0.1, 0.15) is 19.3 Å². The van der Waals surface area contributed by atoms with Crippen molar-refractivity contribution in [2.24, 2.45) is 5.92 Å². The summed E-state index contributed by atoms with van der Waals surface area (Å²) in [6.45, 7) is 0. The van der Waals surface area contributed by atoms with Crippen molar-refractivity contribution >= 4 is 22.9 Å². The molecule has 2 aromatic heterocycles. The van der Waals surface area contributed by atoms with Gasteiger partial charge in [0.25, 0.3) is 0 Å². The van der Waals surface area contributed by atoms with E-state index in [-0.39, 0.29) is 0 Å². The van der Waals surface area contributed by atoms with E-state index in [1.54, 1.807) is 18.0 Å². The molecular weight excluding hydrogens is 248 g/mol. The molecule has 2 aliphatic heterocycles. The predicted molar refractivity (Wildman–Crippen MR) is 68.4 cm³/mol. The summed E-state index contributed by atoms with van der Waals surface area (Å²) in [4.78, 5) is 15.8. The second-order valence-corrected chi connectivity index (χ2v) is 5.99. The molecule has 2 aliphatic rings. The Morgan fingerprint density at radius 3 is 3.22 bits per heavy atom. The Morgan fingerprint density at radius 1 is 1.44 bits per heavy atom. The number of hydrogen-bond donors (Lipinski definition) is 1. The molecule has 18 heavy (non-hydrogen) atoms. The van der Waals surface area contributed by atoms with Crippen LogP contribution in [0, 0.1) is 5.92 Å². The molecule has 2 saturated heterocycles. The summed E-state index contributed by atoms with van der Waals surface area (Å²) in [6.07, 6.45) is 8.03. The monoisotopic (exact) mass is 262 g/mol. The van der Waals surface area contributed by atoms with Gasteiger partial charge in [0.2, 0.25) is 0 Å². The van der Waals surface area contributed by atoms with Crippen molar-refractivity contribution in [1.29, 1.82) is 0 Å². The predicted octanol–water partition coefficient (Wildman–Crippen LogP) is 2.01. The van der Waals surface area contributed by atoms with Crippen molar-refractivity contribution < 1.29 is 4.74 Å². The Hall–Kier alpha value is -1.14. The number of rotatable bonds is 3. The van der Waals surface area contributed by atoms with Gasteiger partial charge in [0.15, 0.2) is 10.8 Å². The molecule has 0 saturated carbocycles.